The number of fused-ring (bicyclic) bond motifs is 1. The Morgan fingerprint density at radius 1 is 1.15 bits per heavy atom. The lowest BCUT2D eigenvalue weighted by Gasteiger charge is -2.34. The summed E-state index contributed by atoms with van der Waals surface area (Å²) >= 11 is 0. The number of aromatic amines is 1. The highest BCUT2D eigenvalue weighted by Gasteiger charge is 2.35. The van der Waals surface area contributed by atoms with Gasteiger partial charge in [-0.3, -0.25) is 9.69 Å². The van der Waals surface area contributed by atoms with Gasteiger partial charge in [-0.2, -0.15) is 0 Å². The molecule has 0 radical (unpaired) electrons. The molecule has 27 heavy (non-hydrogen) atoms. The number of benzene rings is 1. The van der Waals surface area contributed by atoms with Crippen molar-refractivity contribution in [2.24, 2.45) is 0 Å². The molecule has 2 saturated heterocycles. The third-order valence-corrected chi connectivity index (χ3v) is 5.94. The van der Waals surface area contributed by atoms with E-state index >= 15 is 0 Å². The second kappa shape index (κ2) is 7.62. The molecular weight excluding hydrogens is 342 g/mol. The van der Waals surface area contributed by atoms with Crippen LogP contribution in [0.3, 0.4) is 0 Å². The molecule has 0 aliphatic carbocycles. The van der Waals surface area contributed by atoms with E-state index in [1.807, 2.05) is 0 Å². The third kappa shape index (κ3) is 3.61. The van der Waals surface area contributed by atoms with E-state index in [0.717, 1.165) is 43.1 Å². The molecule has 3 heterocycles. The number of aryl methyl sites for hydroxylation is 3. The van der Waals surface area contributed by atoms with Gasteiger partial charge in [0, 0.05) is 29.7 Å². The summed E-state index contributed by atoms with van der Waals surface area (Å²) in [7, 11) is 0. The zero-order valence-electron chi connectivity index (χ0n) is 16.4. The van der Waals surface area contributed by atoms with Crippen LogP contribution in [0.2, 0.25) is 0 Å². The first kappa shape index (κ1) is 18.5. The van der Waals surface area contributed by atoms with Crippen LogP contribution in [0.1, 0.15) is 22.4 Å². The van der Waals surface area contributed by atoms with E-state index in [1.165, 1.54) is 16.5 Å². The standard InChI is InChI=1S/C21H29N3O3/c1-13-4-5-14(2)21-20(13)16(15(3)22-21)10-19(25)23-17-11-27-12-18(17)24-6-8-26-9-7-24/h4-5,17-18,22H,6-12H2,1-3H3,(H,23,25)/t17-,18-/m0/s1. The first-order chi connectivity index (χ1) is 13.0. The molecule has 0 spiro atoms. The average Bonchev–Trinajstić information content (AvgIpc) is 3.25. The maximum Gasteiger partial charge on any atom is 0.224 e. The van der Waals surface area contributed by atoms with Crippen molar-refractivity contribution in [2.75, 3.05) is 39.5 Å². The molecule has 1 aromatic heterocycles. The van der Waals surface area contributed by atoms with Crippen LogP contribution in [-0.2, 0) is 20.7 Å². The van der Waals surface area contributed by atoms with Crippen LogP contribution in [0.15, 0.2) is 12.1 Å². The molecule has 2 aliphatic rings. The Kier molecular flexibility index (Phi) is 5.21. The van der Waals surface area contributed by atoms with Gasteiger partial charge in [0.2, 0.25) is 5.91 Å². The molecule has 0 saturated carbocycles. The van der Waals surface area contributed by atoms with Crippen molar-refractivity contribution >= 4 is 16.8 Å². The number of carbonyl (C=O) groups is 1. The molecule has 2 atom stereocenters. The van der Waals surface area contributed by atoms with E-state index in [4.69, 9.17) is 9.47 Å². The third-order valence-electron chi connectivity index (χ3n) is 5.94. The zero-order valence-corrected chi connectivity index (χ0v) is 16.4. The minimum absolute atomic E-state index is 0.0453. The van der Waals surface area contributed by atoms with Crippen molar-refractivity contribution in [3.8, 4) is 0 Å². The minimum Gasteiger partial charge on any atom is -0.379 e. The largest absolute Gasteiger partial charge is 0.379 e. The number of H-pyrrole nitrogens is 1. The summed E-state index contributed by atoms with van der Waals surface area (Å²) in [6.07, 6.45) is 0.391. The number of rotatable bonds is 4. The van der Waals surface area contributed by atoms with E-state index in [1.54, 1.807) is 0 Å². The molecule has 146 valence electrons. The quantitative estimate of drug-likeness (QED) is 0.861. The molecule has 6 nitrogen and oxygen atoms in total. The average molecular weight is 371 g/mol. The Morgan fingerprint density at radius 3 is 2.67 bits per heavy atom. The van der Waals surface area contributed by atoms with Crippen molar-refractivity contribution in [1.29, 1.82) is 0 Å². The van der Waals surface area contributed by atoms with Crippen LogP contribution < -0.4 is 5.32 Å². The van der Waals surface area contributed by atoms with Crippen LogP contribution in [0, 0.1) is 20.8 Å². The number of aromatic nitrogens is 1. The van der Waals surface area contributed by atoms with Crippen molar-refractivity contribution < 1.29 is 14.3 Å². The molecule has 0 bridgehead atoms. The van der Waals surface area contributed by atoms with Gasteiger partial charge in [0.05, 0.1) is 44.9 Å². The SMILES string of the molecule is Cc1[nH]c2c(C)ccc(C)c2c1CC(=O)N[C@H]1COC[C@@H]1N1CCOCC1. The monoisotopic (exact) mass is 371 g/mol. The summed E-state index contributed by atoms with van der Waals surface area (Å²) in [6, 6.07) is 4.54. The van der Waals surface area contributed by atoms with Crippen molar-refractivity contribution in [3.05, 3.63) is 34.5 Å². The van der Waals surface area contributed by atoms with Gasteiger partial charge in [0.25, 0.3) is 0 Å². The van der Waals surface area contributed by atoms with E-state index in [0.29, 0.717) is 19.6 Å². The van der Waals surface area contributed by atoms with E-state index in [-0.39, 0.29) is 18.0 Å². The number of nitrogens with one attached hydrogen (secondary N) is 2. The lowest BCUT2D eigenvalue weighted by molar-refractivity contribution is -0.121. The van der Waals surface area contributed by atoms with Crippen LogP contribution in [0.4, 0.5) is 0 Å². The molecule has 6 heteroatoms. The maximum absolute atomic E-state index is 12.9. The van der Waals surface area contributed by atoms with Gasteiger partial charge >= 0.3 is 0 Å². The van der Waals surface area contributed by atoms with Gasteiger partial charge < -0.3 is 19.8 Å². The molecule has 1 aromatic carbocycles. The molecule has 2 fully saturated rings. The smallest absolute Gasteiger partial charge is 0.224 e. The fourth-order valence-corrected chi connectivity index (χ4v) is 4.40. The van der Waals surface area contributed by atoms with Crippen LogP contribution >= 0.6 is 0 Å². The van der Waals surface area contributed by atoms with Crippen LogP contribution in [0.25, 0.3) is 10.9 Å². The number of amides is 1. The first-order valence-corrected chi connectivity index (χ1v) is 9.81. The molecule has 0 unspecified atom stereocenters. The van der Waals surface area contributed by atoms with Crippen molar-refractivity contribution in [3.63, 3.8) is 0 Å². The summed E-state index contributed by atoms with van der Waals surface area (Å²) in [6.45, 7) is 10.8. The second-order valence-electron chi connectivity index (χ2n) is 7.78. The Morgan fingerprint density at radius 2 is 1.89 bits per heavy atom. The zero-order chi connectivity index (χ0) is 19.0. The summed E-state index contributed by atoms with van der Waals surface area (Å²) in [5, 5.41) is 4.42. The lowest BCUT2D eigenvalue weighted by Crippen LogP contribution is -2.54. The fraction of sp³-hybridized carbons (Fsp3) is 0.571. The minimum atomic E-state index is 0.0453. The van der Waals surface area contributed by atoms with Gasteiger partial charge in [-0.05, 0) is 37.5 Å². The predicted octanol–water partition coefficient (Wildman–Crippen LogP) is 1.85. The summed E-state index contributed by atoms with van der Waals surface area (Å²) in [5.74, 6) is 0.0636. The Bertz CT molecular complexity index is 839. The lowest BCUT2D eigenvalue weighted by atomic mass is 10.0. The highest BCUT2D eigenvalue weighted by Crippen LogP contribution is 2.28. The highest BCUT2D eigenvalue weighted by atomic mass is 16.5. The van der Waals surface area contributed by atoms with Gasteiger partial charge in [-0.1, -0.05) is 12.1 Å². The van der Waals surface area contributed by atoms with Crippen molar-refractivity contribution in [2.45, 2.75) is 39.3 Å². The van der Waals surface area contributed by atoms with Gasteiger partial charge in [-0.15, -0.1) is 0 Å². The Labute approximate surface area is 160 Å². The molecule has 1 amide bonds. The number of carbonyl (C=O) groups excluding carboxylic acids is 1. The van der Waals surface area contributed by atoms with Crippen LogP contribution in [-0.4, -0.2) is 67.4 Å². The van der Waals surface area contributed by atoms with E-state index in [9.17, 15) is 4.79 Å². The summed E-state index contributed by atoms with van der Waals surface area (Å²) < 4.78 is 11.1. The van der Waals surface area contributed by atoms with E-state index in [2.05, 4.69) is 48.1 Å². The topological polar surface area (TPSA) is 66.6 Å². The second-order valence-corrected chi connectivity index (χ2v) is 7.78. The molecule has 4 rings (SSSR count). The first-order valence-electron chi connectivity index (χ1n) is 9.81. The predicted molar refractivity (Wildman–Crippen MR) is 105 cm³/mol. The van der Waals surface area contributed by atoms with Gasteiger partial charge in [-0.25, -0.2) is 0 Å². The normalized spacial score (nSPS) is 23.8. The van der Waals surface area contributed by atoms with Gasteiger partial charge in [0.1, 0.15) is 0 Å². The Balaban J connectivity index is 1.49. The van der Waals surface area contributed by atoms with E-state index < -0.39 is 0 Å². The molecule has 2 aliphatic heterocycles. The number of nitrogens with zero attached hydrogens (tertiary/aromatic N) is 1. The number of hydrogen-bond acceptors (Lipinski definition) is 4. The van der Waals surface area contributed by atoms with Gasteiger partial charge in [0.15, 0.2) is 0 Å². The Hall–Kier alpha value is -1.89. The molecule has 2 aromatic rings. The molecular formula is C21H29N3O3. The summed E-state index contributed by atoms with van der Waals surface area (Å²) in [4.78, 5) is 18.7. The fourth-order valence-electron chi connectivity index (χ4n) is 4.40. The number of morpholine rings is 1. The number of hydrogen-bond donors (Lipinski definition) is 2. The number of ether oxygens (including phenoxy) is 2. The van der Waals surface area contributed by atoms with Crippen LogP contribution in [0.5, 0.6) is 0 Å². The molecule has 2 N–H and O–H groups in total. The summed E-state index contributed by atoms with van der Waals surface area (Å²) in [5.41, 5.74) is 5.74. The maximum atomic E-state index is 12.9. The van der Waals surface area contributed by atoms with Crippen molar-refractivity contribution in [1.82, 2.24) is 15.2 Å². The highest BCUT2D eigenvalue weighted by molar-refractivity contribution is 5.93.